The van der Waals surface area contributed by atoms with E-state index in [0.29, 0.717) is 69.7 Å². The van der Waals surface area contributed by atoms with Gasteiger partial charge < -0.3 is 34.7 Å². The lowest BCUT2D eigenvalue weighted by molar-refractivity contribution is -0.141. The topological polar surface area (TPSA) is 139 Å². The van der Waals surface area contributed by atoms with Gasteiger partial charge in [-0.1, -0.05) is 30.3 Å². The first kappa shape index (κ1) is 37.8. The number of H-pyrrole nitrogens is 1. The second kappa shape index (κ2) is 17.2. The van der Waals surface area contributed by atoms with Gasteiger partial charge in [0, 0.05) is 48.7 Å². The molecule has 1 saturated carbocycles. The van der Waals surface area contributed by atoms with Gasteiger partial charge in [-0.15, -0.1) is 0 Å². The molecule has 3 atom stereocenters. The van der Waals surface area contributed by atoms with Crippen LogP contribution in [0.25, 0.3) is 10.9 Å². The molecule has 3 N–H and O–H groups in total. The van der Waals surface area contributed by atoms with Gasteiger partial charge in [0.1, 0.15) is 24.0 Å². The zero-order valence-corrected chi connectivity index (χ0v) is 30.0. The highest BCUT2D eigenvalue weighted by Gasteiger charge is 2.45. The molecule has 51 heavy (non-hydrogen) atoms. The van der Waals surface area contributed by atoms with Crippen molar-refractivity contribution in [3.63, 3.8) is 0 Å². The van der Waals surface area contributed by atoms with E-state index in [1.807, 2.05) is 30.3 Å². The van der Waals surface area contributed by atoms with Crippen LogP contribution in [-0.2, 0) is 23.8 Å². The molecule has 0 spiro atoms. The van der Waals surface area contributed by atoms with Crippen LogP contribution in [0.5, 0.6) is 0 Å². The maximum Gasteiger partial charge on any atom is 0.407 e. The SMILES string of the molecule is COCCCCOC(=O)c1cc2cc(NC(=O)[C@@H]3[C@@H](c4ccccc4)CCN3C(=O)C3CCC([C@@H](CF)NC(=O)OC(C)(C)C)CC3)ccc2[nH]1. The van der Waals surface area contributed by atoms with Crippen LogP contribution < -0.4 is 10.6 Å². The van der Waals surface area contributed by atoms with Gasteiger partial charge in [-0.3, -0.25) is 9.59 Å². The molecule has 2 aromatic carbocycles. The lowest BCUT2D eigenvalue weighted by Gasteiger charge is -2.36. The average Bonchev–Trinajstić information content (AvgIpc) is 3.75. The first-order valence-electron chi connectivity index (χ1n) is 18.0. The Morgan fingerprint density at radius 3 is 2.37 bits per heavy atom. The number of methoxy groups -OCH3 is 1. The Morgan fingerprint density at radius 2 is 1.69 bits per heavy atom. The van der Waals surface area contributed by atoms with E-state index in [2.05, 4.69) is 15.6 Å². The van der Waals surface area contributed by atoms with E-state index in [9.17, 15) is 23.6 Å². The number of alkyl halides is 1. The van der Waals surface area contributed by atoms with Crippen LogP contribution in [0, 0.1) is 11.8 Å². The van der Waals surface area contributed by atoms with Crippen molar-refractivity contribution < 1.29 is 37.8 Å². The van der Waals surface area contributed by atoms with E-state index in [1.165, 1.54) is 0 Å². The Kier molecular flexibility index (Phi) is 12.7. The minimum atomic E-state index is -0.726. The summed E-state index contributed by atoms with van der Waals surface area (Å²) in [7, 11) is 1.63. The van der Waals surface area contributed by atoms with Crippen molar-refractivity contribution in [1.82, 2.24) is 15.2 Å². The monoisotopic (exact) mass is 706 g/mol. The standard InChI is InChI=1S/C39H51FN4O7/c1-39(2,3)51-38(48)43-33(24-40)26-12-14-27(15-13-26)36(46)44-19-18-30(25-10-6-5-7-11-25)34(44)35(45)41-29-16-17-31-28(22-29)23-32(42-31)37(47)50-21-9-8-20-49-4/h5-7,10-11,16-17,22-23,26-27,30,33-34,42H,8-9,12-15,18-21,24H2,1-4H3,(H,41,45)(H,43,48)/t26?,27?,30-,33-,34+/m1/s1. The molecule has 0 unspecified atom stereocenters. The van der Waals surface area contributed by atoms with Gasteiger partial charge in [0.15, 0.2) is 0 Å². The maximum atomic E-state index is 14.1. The average molecular weight is 707 g/mol. The van der Waals surface area contributed by atoms with E-state index in [1.54, 1.807) is 57.0 Å². The maximum absolute atomic E-state index is 14.1. The molecule has 1 aromatic heterocycles. The number of unbranched alkanes of at least 4 members (excludes halogenated alkanes) is 1. The Morgan fingerprint density at radius 1 is 0.961 bits per heavy atom. The number of carbonyl (C=O) groups excluding carboxylic acids is 4. The molecule has 276 valence electrons. The summed E-state index contributed by atoms with van der Waals surface area (Å²) in [6, 6.07) is 15.4. The summed E-state index contributed by atoms with van der Waals surface area (Å²) < 4.78 is 29.8. The van der Waals surface area contributed by atoms with Crippen LogP contribution in [0.15, 0.2) is 54.6 Å². The molecule has 0 bridgehead atoms. The predicted octanol–water partition coefficient (Wildman–Crippen LogP) is 6.74. The number of anilines is 1. The number of ether oxygens (including phenoxy) is 3. The van der Waals surface area contributed by atoms with Gasteiger partial charge in [0.25, 0.3) is 0 Å². The fourth-order valence-electron chi connectivity index (χ4n) is 7.29. The number of benzene rings is 2. The molecule has 5 rings (SSSR count). The van der Waals surface area contributed by atoms with Crippen molar-refractivity contribution in [1.29, 1.82) is 0 Å². The van der Waals surface area contributed by atoms with Gasteiger partial charge in [0.05, 0.1) is 12.6 Å². The molecule has 1 saturated heterocycles. The number of hydrogen-bond acceptors (Lipinski definition) is 7. The normalized spacial score (nSPS) is 21.2. The minimum absolute atomic E-state index is 0.0737. The molecule has 3 amide bonds. The lowest BCUT2D eigenvalue weighted by Crippen LogP contribution is -2.49. The number of fused-ring (bicyclic) bond motifs is 1. The van der Waals surface area contributed by atoms with Gasteiger partial charge in [-0.2, -0.15) is 0 Å². The zero-order chi connectivity index (χ0) is 36.5. The molecule has 2 heterocycles. The predicted molar refractivity (Wildman–Crippen MR) is 192 cm³/mol. The number of nitrogens with zero attached hydrogens (tertiary/aromatic N) is 1. The van der Waals surface area contributed by atoms with Crippen molar-refractivity contribution in [2.45, 2.75) is 89.3 Å². The quantitative estimate of drug-likeness (QED) is 0.132. The number of carbonyl (C=O) groups is 4. The molecule has 3 aromatic rings. The number of halogens is 1. The number of amides is 3. The molecule has 2 fully saturated rings. The van der Waals surface area contributed by atoms with Crippen LogP contribution in [-0.4, -0.2) is 85.0 Å². The Bertz CT molecular complexity index is 1650. The minimum Gasteiger partial charge on any atom is -0.461 e. The van der Waals surface area contributed by atoms with Crippen LogP contribution in [0.4, 0.5) is 14.9 Å². The van der Waals surface area contributed by atoms with Gasteiger partial charge in [-0.05, 0) is 101 Å². The molecular formula is C39H51FN4O7. The van der Waals surface area contributed by atoms with Crippen molar-refractivity contribution >= 4 is 40.5 Å². The molecule has 1 aliphatic carbocycles. The largest absolute Gasteiger partial charge is 0.461 e. The van der Waals surface area contributed by atoms with Crippen molar-refractivity contribution in [2.24, 2.45) is 11.8 Å². The highest BCUT2D eigenvalue weighted by molar-refractivity contribution is 6.01. The number of esters is 1. The number of hydrogen-bond donors (Lipinski definition) is 3. The zero-order valence-electron chi connectivity index (χ0n) is 30.0. The van der Waals surface area contributed by atoms with Crippen LogP contribution >= 0.6 is 0 Å². The third-order valence-electron chi connectivity index (χ3n) is 9.82. The van der Waals surface area contributed by atoms with Gasteiger partial charge in [0.2, 0.25) is 11.8 Å². The number of rotatable bonds is 13. The highest BCUT2D eigenvalue weighted by Crippen LogP contribution is 2.39. The van der Waals surface area contributed by atoms with E-state index >= 15 is 0 Å². The number of nitrogens with one attached hydrogen (secondary N) is 3. The molecule has 1 aliphatic heterocycles. The summed E-state index contributed by atoms with van der Waals surface area (Å²) in [6.45, 7) is 5.90. The van der Waals surface area contributed by atoms with E-state index in [-0.39, 0.29) is 29.6 Å². The smallest absolute Gasteiger partial charge is 0.407 e. The van der Waals surface area contributed by atoms with Gasteiger partial charge in [-0.25, -0.2) is 14.0 Å². The third kappa shape index (κ3) is 9.87. The molecule has 0 radical (unpaired) electrons. The van der Waals surface area contributed by atoms with Crippen LogP contribution in [0.3, 0.4) is 0 Å². The summed E-state index contributed by atoms with van der Waals surface area (Å²) in [4.78, 5) is 58.0. The summed E-state index contributed by atoms with van der Waals surface area (Å²) in [5.74, 6) is -1.42. The summed E-state index contributed by atoms with van der Waals surface area (Å²) in [5.41, 5.74) is 1.90. The van der Waals surface area contributed by atoms with E-state index < -0.39 is 36.4 Å². The second-order valence-electron chi connectivity index (χ2n) is 14.6. The molecule has 2 aliphatic rings. The summed E-state index contributed by atoms with van der Waals surface area (Å²) >= 11 is 0. The number of aromatic amines is 1. The number of aromatic nitrogens is 1. The first-order valence-corrected chi connectivity index (χ1v) is 18.0. The Balaban J connectivity index is 1.25. The van der Waals surface area contributed by atoms with E-state index in [0.717, 1.165) is 22.9 Å². The highest BCUT2D eigenvalue weighted by atomic mass is 19.1. The lowest BCUT2D eigenvalue weighted by atomic mass is 9.78. The fourth-order valence-corrected chi connectivity index (χ4v) is 7.29. The van der Waals surface area contributed by atoms with Gasteiger partial charge >= 0.3 is 12.1 Å². The van der Waals surface area contributed by atoms with E-state index in [4.69, 9.17) is 14.2 Å². The third-order valence-corrected chi connectivity index (χ3v) is 9.82. The Hall–Kier alpha value is -4.45. The summed E-state index contributed by atoms with van der Waals surface area (Å²) in [5, 5.41) is 6.47. The molecule has 11 nitrogen and oxygen atoms in total. The van der Waals surface area contributed by atoms with Crippen molar-refractivity contribution in [3.8, 4) is 0 Å². The Labute approximate surface area is 299 Å². The number of alkyl carbamates (subject to hydrolysis) is 1. The van der Waals surface area contributed by atoms with Crippen molar-refractivity contribution in [2.75, 3.05) is 38.9 Å². The molecule has 12 heteroatoms. The van der Waals surface area contributed by atoms with Crippen molar-refractivity contribution in [3.05, 3.63) is 65.9 Å². The number of likely N-dealkylation sites (tertiary alicyclic amines) is 1. The molecular weight excluding hydrogens is 655 g/mol. The fraction of sp³-hybridized carbons (Fsp3) is 0.538. The first-order chi connectivity index (χ1) is 24.5. The second-order valence-corrected chi connectivity index (χ2v) is 14.6. The summed E-state index contributed by atoms with van der Waals surface area (Å²) in [6.07, 6.45) is 3.73. The van der Waals surface area contributed by atoms with Crippen LogP contribution in [0.2, 0.25) is 0 Å². The van der Waals surface area contributed by atoms with Crippen LogP contribution in [0.1, 0.15) is 87.7 Å².